The Morgan fingerprint density at radius 3 is 2.39 bits per heavy atom. The Kier molecular flexibility index (Phi) is 6.45. The second kappa shape index (κ2) is 8.88. The number of halogens is 1. The molecular formula is C25H27FO6S. The van der Waals surface area contributed by atoms with E-state index in [4.69, 9.17) is 4.74 Å². The van der Waals surface area contributed by atoms with Crippen molar-refractivity contribution in [2.45, 2.75) is 50.0 Å². The number of rotatable bonds is 5. The fourth-order valence-electron chi connectivity index (χ4n) is 4.15. The Hall–Kier alpha value is -2.17. The molecule has 1 aliphatic heterocycles. The summed E-state index contributed by atoms with van der Waals surface area (Å²) in [5, 5.41) is 52.3. The van der Waals surface area contributed by atoms with Crippen molar-refractivity contribution in [2.75, 3.05) is 6.61 Å². The van der Waals surface area contributed by atoms with Crippen molar-refractivity contribution >= 4 is 11.3 Å². The van der Waals surface area contributed by atoms with Crippen LogP contribution < -0.4 is 0 Å². The summed E-state index contributed by atoms with van der Waals surface area (Å²) in [6.45, 7) is 2.46. The molecule has 176 valence electrons. The monoisotopic (exact) mass is 474 g/mol. The van der Waals surface area contributed by atoms with E-state index < -0.39 is 36.3 Å². The van der Waals surface area contributed by atoms with Crippen molar-refractivity contribution in [3.05, 3.63) is 82.0 Å². The minimum Gasteiger partial charge on any atom is -0.394 e. The number of hydrogen-bond donors (Lipinski definition) is 5. The third-order valence-electron chi connectivity index (χ3n) is 6.36. The van der Waals surface area contributed by atoms with Gasteiger partial charge in [0, 0.05) is 21.7 Å². The Labute approximate surface area is 195 Å². The molecule has 1 aromatic heterocycles. The molecule has 0 spiro atoms. The molecule has 0 radical (unpaired) electrons. The van der Waals surface area contributed by atoms with Crippen LogP contribution in [0, 0.1) is 12.7 Å². The third-order valence-corrected chi connectivity index (χ3v) is 7.50. The summed E-state index contributed by atoms with van der Waals surface area (Å²) in [4.78, 5) is 2.04. The number of ether oxygens (including phenoxy) is 1. The van der Waals surface area contributed by atoms with Crippen molar-refractivity contribution in [1.82, 2.24) is 0 Å². The van der Waals surface area contributed by atoms with Crippen molar-refractivity contribution in [2.24, 2.45) is 0 Å². The zero-order valence-corrected chi connectivity index (χ0v) is 19.1. The van der Waals surface area contributed by atoms with E-state index in [1.54, 1.807) is 41.7 Å². The zero-order chi connectivity index (χ0) is 24.0. The molecule has 1 fully saturated rings. The van der Waals surface area contributed by atoms with Crippen LogP contribution in [0.15, 0.2) is 54.6 Å². The molecule has 1 saturated heterocycles. The first kappa shape index (κ1) is 24.0. The van der Waals surface area contributed by atoms with Crippen molar-refractivity contribution in [3.63, 3.8) is 0 Å². The van der Waals surface area contributed by atoms with Gasteiger partial charge in [0.1, 0.15) is 29.7 Å². The standard InChI is InChI=1S/C25H27FO6S/c1-14-3-6-17(25(31)24(2,30)23(29)22(28)20(13-27)32-25)11-16(14)12-19-9-10-21(33-19)15-4-7-18(26)8-5-15/h3-11,20,22-23,27-31H,12-13H2,1-2H3/t20-,22-,23+,24-,25+/m1/s1. The van der Waals surface area contributed by atoms with Crippen LogP contribution >= 0.6 is 11.3 Å². The Bertz CT molecular complexity index is 1130. The molecule has 2 heterocycles. The molecule has 0 bridgehead atoms. The van der Waals surface area contributed by atoms with E-state index in [1.165, 1.54) is 19.1 Å². The Morgan fingerprint density at radius 1 is 1.03 bits per heavy atom. The number of hydrogen-bond acceptors (Lipinski definition) is 7. The number of aliphatic hydroxyl groups excluding tert-OH is 3. The second-order valence-electron chi connectivity index (χ2n) is 8.66. The molecular weight excluding hydrogens is 447 g/mol. The highest BCUT2D eigenvalue weighted by Gasteiger charge is 2.61. The van der Waals surface area contributed by atoms with E-state index >= 15 is 0 Å². The van der Waals surface area contributed by atoms with Gasteiger partial charge in [-0.15, -0.1) is 11.3 Å². The van der Waals surface area contributed by atoms with Gasteiger partial charge in [0.15, 0.2) is 0 Å². The quantitative estimate of drug-likeness (QED) is 0.389. The maximum absolute atomic E-state index is 13.2. The summed E-state index contributed by atoms with van der Waals surface area (Å²) < 4.78 is 18.8. The van der Waals surface area contributed by atoms with E-state index in [9.17, 15) is 29.9 Å². The van der Waals surface area contributed by atoms with Crippen molar-refractivity contribution in [1.29, 1.82) is 0 Å². The summed E-state index contributed by atoms with van der Waals surface area (Å²) in [6, 6.07) is 15.3. The van der Waals surface area contributed by atoms with Crippen molar-refractivity contribution < 1.29 is 34.7 Å². The lowest BCUT2D eigenvalue weighted by Gasteiger charge is -2.51. The summed E-state index contributed by atoms with van der Waals surface area (Å²) in [7, 11) is 0. The average Bonchev–Trinajstić information content (AvgIpc) is 3.25. The van der Waals surface area contributed by atoms with Gasteiger partial charge >= 0.3 is 0 Å². The van der Waals surface area contributed by atoms with Crippen LogP contribution in [0.3, 0.4) is 0 Å². The second-order valence-corrected chi connectivity index (χ2v) is 9.83. The van der Waals surface area contributed by atoms with Crippen LogP contribution in [-0.2, 0) is 16.9 Å². The lowest BCUT2D eigenvalue weighted by molar-refractivity contribution is -0.393. The van der Waals surface area contributed by atoms with Gasteiger partial charge in [-0.1, -0.05) is 24.3 Å². The summed E-state index contributed by atoms with van der Waals surface area (Å²) in [5.41, 5.74) is 0.709. The van der Waals surface area contributed by atoms with E-state index in [-0.39, 0.29) is 11.4 Å². The van der Waals surface area contributed by atoms with Crippen LogP contribution in [0.5, 0.6) is 0 Å². The van der Waals surface area contributed by atoms with Crippen LogP contribution in [0.25, 0.3) is 10.4 Å². The first-order valence-corrected chi connectivity index (χ1v) is 11.4. The summed E-state index contributed by atoms with van der Waals surface area (Å²) in [6.07, 6.45) is -4.04. The topological polar surface area (TPSA) is 110 Å². The van der Waals surface area contributed by atoms with Crippen LogP contribution in [0.2, 0.25) is 0 Å². The van der Waals surface area contributed by atoms with Gasteiger partial charge in [-0.3, -0.25) is 0 Å². The van der Waals surface area contributed by atoms with Crippen LogP contribution in [-0.4, -0.2) is 56.1 Å². The maximum atomic E-state index is 13.2. The highest BCUT2D eigenvalue weighted by atomic mass is 32.1. The molecule has 33 heavy (non-hydrogen) atoms. The molecule has 0 unspecified atom stereocenters. The lowest BCUT2D eigenvalue weighted by Crippen LogP contribution is -2.70. The molecule has 8 heteroatoms. The predicted octanol–water partition coefficient (Wildman–Crippen LogP) is 2.46. The zero-order valence-electron chi connectivity index (χ0n) is 18.3. The third kappa shape index (κ3) is 4.24. The largest absolute Gasteiger partial charge is 0.394 e. The molecule has 3 aromatic rings. The highest BCUT2D eigenvalue weighted by molar-refractivity contribution is 7.15. The average molecular weight is 475 g/mol. The summed E-state index contributed by atoms with van der Waals surface area (Å²) in [5.74, 6) is -2.64. The maximum Gasteiger partial charge on any atom is 0.225 e. The Balaban J connectivity index is 1.65. The van der Waals surface area contributed by atoms with Crippen LogP contribution in [0.1, 0.15) is 28.5 Å². The molecule has 1 aliphatic rings. The molecule has 4 rings (SSSR count). The number of thiophene rings is 1. The number of aliphatic hydroxyl groups is 5. The van der Waals surface area contributed by atoms with Gasteiger partial charge in [0.25, 0.3) is 0 Å². The lowest BCUT2D eigenvalue weighted by atomic mass is 9.77. The molecule has 5 atom stereocenters. The summed E-state index contributed by atoms with van der Waals surface area (Å²) >= 11 is 1.57. The number of benzene rings is 2. The first-order chi connectivity index (χ1) is 15.6. The van der Waals surface area contributed by atoms with E-state index in [0.717, 1.165) is 26.4 Å². The minimum absolute atomic E-state index is 0.202. The van der Waals surface area contributed by atoms with Gasteiger partial charge in [-0.2, -0.15) is 0 Å². The predicted molar refractivity (Wildman–Crippen MR) is 122 cm³/mol. The highest BCUT2D eigenvalue weighted by Crippen LogP contribution is 2.44. The smallest absolute Gasteiger partial charge is 0.225 e. The van der Waals surface area contributed by atoms with Gasteiger partial charge in [0.2, 0.25) is 5.79 Å². The van der Waals surface area contributed by atoms with Gasteiger partial charge < -0.3 is 30.3 Å². The number of aryl methyl sites for hydroxylation is 1. The van der Waals surface area contributed by atoms with E-state index in [2.05, 4.69) is 0 Å². The van der Waals surface area contributed by atoms with E-state index in [1.807, 2.05) is 19.1 Å². The molecule has 6 nitrogen and oxygen atoms in total. The fourth-order valence-corrected chi connectivity index (χ4v) is 5.19. The minimum atomic E-state index is -2.35. The first-order valence-electron chi connectivity index (χ1n) is 10.6. The normalized spacial score (nSPS) is 29.9. The van der Waals surface area contributed by atoms with E-state index in [0.29, 0.717) is 6.42 Å². The molecule has 0 saturated carbocycles. The molecule has 2 aromatic carbocycles. The van der Waals surface area contributed by atoms with Crippen molar-refractivity contribution in [3.8, 4) is 10.4 Å². The van der Waals surface area contributed by atoms with Gasteiger partial charge in [-0.05, 0) is 60.9 Å². The van der Waals surface area contributed by atoms with Gasteiger partial charge in [-0.25, -0.2) is 4.39 Å². The van der Waals surface area contributed by atoms with Gasteiger partial charge in [0.05, 0.1) is 6.61 Å². The molecule has 0 amide bonds. The fraction of sp³-hybridized carbons (Fsp3) is 0.360. The van der Waals surface area contributed by atoms with Crippen LogP contribution in [0.4, 0.5) is 4.39 Å². The Morgan fingerprint density at radius 2 is 1.73 bits per heavy atom. The molecule has 5 N–H and O–H groups in total. The molecule has 0 aliphatic carbocycles. The SMILES string of the molecule is Cc1ccc([C@]2(O)O[C@H](CO)[C@@H](O)[C@H](O)[C@@]2(C)O)cc1Cc1ccc(-c2ccc(F)cc2)s1.